The van der Waals surface area contributed by atoms with Gasteiger partial charge in [0, 0.05) is 25.5 Å². The van der Waals surface area contributed by atoms with Crippen LogP contribution in [0.1, 0.15) is 10.4 Å². The predicted molar refractivity (Wildman–Crippen MR) is 48.1 cm³/mol. The first-order valence-electron chi connectivity index (χ1n) is 4.28. The summed E-state index contributed by atoms with van der Waals surface area (Å²) in [6.45, 7) is 2.31. The molecule has 0 aromatic carbocycles. The van der Waals surface area contributed by atoms with Crippen molar-refractivity contribution in [1.29, 1.82) is 0 Å². The molecule has 1 aliphatic heterocycles. The highest BCUT2D eigenvalue weighted by atomic mass is 16.2. The van der Waals surface area contributed by atoms with Crippen molar-refractivity contribution in [1.82, 2.24) is 15.2 Å². The largest absolute Gasteiger partial charge is 0.325 e. The molecule has 2 rings (SSSR count). The molecule has 1 aromatic heterocycles. The zero-order valence-electron chi connectivity index (χ0n) is 7.23. The summed E-state index contributed by atoms with van der Waals surface area (Å²) >= 11 is 0. The molecule has 0 unspecified atom stereocenters. The average molecular weight is 177 g/mol. The standard InChI is InChI=1S/C9H11N3O/c13-9(12-5-4-11-7-12)8-2-1-3-10-6-8/h1-3,6,11H,4-5,7H2. The second-order valence-corrected chi connectivity index (χ2v) is 2.97. The summed E-state index contributed by atoms with van der Waals surface area (Å²) in [5, 5.41) is 3.11. The van der Waals surface area contributed by atoms with Crippen LogP contribution < -0.4 is 5.32 Å². The third kappa shape index (κ3) is 1.67. The summed E-state index contributed by atoms with van der Waals surface area (Å²) in [7, 11) is 0. The molecule has 1 aliphatic rings. The third-order valence-electron chi connectivity index (χ3n) is 2.06. The summed E-state index contributed by atoms with van der Waals surface area (Å²) < 4.78 is 0. The number of aromatic nitrogens is 1. The van der Waals surface area contributed by atoms with E-state index in [2.05, 4.69) is 10.3 Å². The second kappa shape index (κ2) is 3.53. The molecule has 1 aromatic rings. The van der Waals surface area contributed by atoms with Crippen molar-refractivity contribution in [2.45, 2.75) is 0 Å². The van der Waals surface area contributed by atoms with E-state index >= 15 is 0 Å². The van der Waals surface area contributed by atoms with Crippen molar-refractivity contribution in [2.75, 3.05) is 19.8 Å². The van der Waals surface area contributed by atoms with Crippen LogP contribution in [0.5, 0.6) is 0 Å². The topological polar surface area (TPSA) is 45.2 Å². The van der Waals surface area contributed by atoms with Gasteiger partial charge >= 0.3 is 0 Å². The first-order chi connectivity index (χ1) is 6.38. The van der Waals surface area contributed by atoms with Crippen molar-refractivity contribution >= 4 is 5.91 Å². The van der Waals surface area contributed by atoms with Crippen molar-refractivity contribution in [2.24, 2.45) is 0 Å². The molecule has 0 aliphatic carbocycles. The Bertz CT molecular complexity index is 293. The van der Waals surface area contributed by atoms with Crippen molar-refractivity contribution in [3.05, 3.63) is 30.1 Å². The maximum atomic E-state index is 11.7. The van der Waals surface area contributed by atoms with E-state index in [1.54, 1.807) is 29.4 Å². The third-order valence-corrected chi connectivity index (χ3v) is 2.06. The van der Waals surface area contributed by atoms with Crippen LogP contribution in [0.4, 0.5) is 0 Å². The van der Waals surface area contributed by atoms with Gasteiger partial charge in [0.1, 0.15) is 0 Å². The van der Waals surface area contributed by atoms with Gasteiger partial charge in [-0.3, -0.25) is 15.1 Å². The van der Waals surface area contributed by atoms with Crippen LogP contribution in [0.15, 0.2) is 24.5 Å². The Labute approximate surface area is 76.6 Å². The minimum Gasteiger partial charge on any atom is -0.325 e. The van der Waals surface area contributed by atoms with E-state index in [9.17, 15) is 4.79 Å². The quantitative estimate of drug-likeness (QED) is 0.661. The first-order valence-corrected chi connectivity index (χ1v) is 4.28. The molecule has 4 nitrogen and oxygen atoms in total. The van der Waals surface area contributed by atoms with Gasteiger partial charge in [0.25, 0.3) is 5.91 Å². The molecule has 13 heavy (non-hydrogen) atoms. The van der Waals surface area contributed by atoms with Gasteiger partial charge in [-0.05, 0) is 12.1 Å². The molecular weight excluding hydrogens is 166 g/mol. The Morgan fingerprint density at radius 1 is 1.62 bits per heavy atom. The summed E-state index contributed by atoms with van der Waals surface area (Å²) in [5.41, 5.74) is 0.659. The minimum atomic E-state index is 0.0538. The number of nitrogens with zero attached hydrogens (tertiary/aromatic N) is 2. The van der Waals surface area contributed by atoms with Crippen LogP contribution in [0.3, 0.4) is 0 Å². The fraction of sp³-hybridized carbons (Fsp3) is 0.333. The van der Waals surface area contributed by atoms with E-state index in [0.29, 0.717) is 12.2 Å². The SMILES string of the molecule is O=C(c1cccnc1)N1CCNC1. The van der Waals surface area contributed by atoms with Gasteiger partial charge in [0.05, 0.1) is 12.2 Å². The van der Waals surface area contributed by atoms with Crippen LogP contribution in [0.2, 0.25) is 0 Å². The highest BCUT2D eigenvalue weighted by Crippen LogP contribution is 2.03. The monoisotopic (exact) mass is 177 g/mol. The maximum absolute atomic E-state index is 11.7. The van der Waals surface area contributed by atoms with Crippen molar-refractivity contribution < 1.29 is 4.79 Å². The molecule has 0 atom stereocenters. The maximum Gasteiger partial charge on any atom is 0.256 e. The van der Waals surface area contributed by atoms with Crippen LogP contribution in [-0.4, -0.2) is 35.5 Å². The Hall–Kier alpha value is -1.42. The van der Waals surface area contributed by atoms with Gasteiger partial charge in [0.15, 0.2) is 0 Å². The second-order valence-electron chi connectivity index (χ2n) is 2.97. The van der Waals surface area contributed by atoms with Crippen LogP contribution >= 0.6 is 0 Å². The summed E-state index contributed by atoms with van der Waals surface area (Å²) in [4.78, 5) is 17.4. The van der Waals surface area contributed by atoms with E-state index in [1.807, 2.05) is 0 Å². The molecule has 0 spiro atoms. The van der Waals surface area contributed by atoms with Gasteiger partial charge in [-0.25, -0.2) is 0 Å². The van der Waals surface area contributed by atoms with Crippen LogP contribution in [0.25, 0.3) is 0 Å². The minimum absolute atomic E-state index is 0.0538. The molecular formula is C9H11N3O. The zero-order chi connectivity index (χ0) is 9.10. The van der Waals surface area contributed by atoms with Crippen LogP contribution in [0, 0.1) is 0 Å². The number of carbonyl (C=O) groups excluding carboxylic acids is 1. The van der Waals surface area contributed by atoms with E-state index in [4.69, 9.17) is 0 Å². The predicted octanol–water partition coefficient (Wildman–Crippen LogP) is 0.0845. The fourth-order valence-electron chi connectivity index (χ4n) is 1.35. The number of rotatable bonds is 1. The summed E-state index contributed by atoms with van der Waals surface area (Å²) in [6, 6.07) is 3.56. The van der Waals surface area contributed by atoms with Crippen molar-refractivity contribution in [3.8, 4) is 0 Å². The lowest BCUT2D eigenvalue weighted by molar-refractivity contribution is 0.0791. The highest BCUT2D eigenvalue weighted by molar-refractivity contribution is 5.93. The lowest BCUT2D eigenvalue weighted by Crippen LogP contribution is -2.29. The highest BCUT2D eigenvalue weighted by Gasteiger charge is 2.18. The molecule has 1 fully saturated rings. The molecule has 0 saturated carbocycles. The number of hydrogen-bond donors (Lipinski definition) is 1. The van der Waals surface area contributed by atoms with Gasteiger partial charge in [-0.15, -0.1) is 0 Å². The Balaban J connectivity index is 2.13. The molecule has 1 saturated heterocycles. The lowest BCUT2D eigenvalue weighted by atomic mass is 10.2. The van der Waals surface area contributed by atoms with Gasteiger partial charge in [0.2, 0.25) is 0 Å². The number of carbonyl (C=O) groups is 1. The normalized spacial score (nSPS) is 16.2. The Kier molecular flexibility index (Phi) is 2.23. The van der Waals surface area contributed by atoms with Gasteiger partial charge in [-0.2, -0.15) is 0 Å². The fourth-order valence-corrected chi connectivity index (χ4v) is 1.35. The van der Waals surface area contributed by atoms with Crippen LogP contribution in [-0.2, 0) is 0 Å². The number of hydrogen-bond acceptors (Lipinski definition) is 3. The molecule has 0 bridgehead atoms. The van der Waals surface area contributed by atoms with E-state index in [-0.39, 0.29) is 5.91 Å². The van der Waals surface area contributed by atoms with E-state index < -0.39 is 0 Å². The summed E-state index contributed by atoms with van der Waals surface area (Å²) in [5.74, 6) is 0.0538. The molecule has 4 heteroatoms. The molecule has 1 N–H and O–H groups in total. The number of nitrogens with one attached hydrogen (secondary N) is 1. The lowest BCUT2D eigenvalue weighted by Gasteiger charge is -2.13. The van der Waals surface area contributed by atoms with Crippen molar-refractivity contribution in [3.63, 3.8) is 0 Å². The Morgan fingerprint density at radius 3 is 3.15 bits per heavy atom. The van der Waals surface area contributed by atoms with Gasteiger partial charge in [-0.1, -0.05) is 0 Å². The van der Waals surface area contributed by atoms with Gasteiger partial charge < -0.3 is 4.90 Å². The molecule has 1 amide bonds. The first kappa shape index (κ1) is 8.19. The smallest absolute Gasteiger partial charge is 0.256 e. The number of pyridine rings is 1. The Morgan fingerprint density at radius 2 is 2.54 bits per heavy atom. The molecule has 0 radical (unpaired) electrons. The molecule has 68 valence electrons. The van der Waals surface area contributed by atoms with E-state index in [0.717, 1.165) is 13.1 Å². The zero-order valence-corrected chi connectivity index (χ0v) is 7.23. The summed E-state index contributed by atoms with van der Waals surface area (Å²) in [6.07, 6.45) is 3.26. The number of amides is 1. The average Bonchev–Trinajstić information content (AvgIpc) is 2.71. The molecule has 2 heterocycles. The van der Waals surface area contributed by atoms with E-state index in [1.165, 1.54) is 0 Å².